The molecule has 0 aliphatic carbocycles. The van der Waals surface area contributed by atoms with Crippen molar-refractivity contribution < 1.29 is 9.53 Å². The molecular weight excluding hydrogens is 192 g/mol. The number of methoxy groups -OCH3 is 1. The highest BCUT2D eigenvalue weighted by molar-refractivity contribution is 5.81. The summed E-state index contributed by atoms with van der Waals surface area (Å²) in [7, 11) is 3.46. The average Bonchev–Trinajstić information content (AvgIpc) is 2.24. The molecular formula is C11H24N2O2. The third-order valence-electron chi connectivity index (χ3n) is 2.40. The average molecular weight is 216 g/mol. The van der Waals surface area contributed by atoms with Crippen molar-refractivity contribution >= 4 is 5.91 Å². The van der Waals surface area contributed by atoms with Crippen LogP contribution in [-0.2, 0) is 9.53 Å². The molecule has 2 N–H and O–H groups in total. The van der Waals surface area contributed by atoms with Gasteiger partial charge in [-0.3, -0.25) is 4.79 Å². The highest BCUT2D eigenvalue weighted by Gasteiger charge is 2.16. The quantitative estimate of drug-likeness (QED) is 0.616. The first-order valence-corrected chi connectivity index (χ1v) is 5.63. The summed E-state index contributed by atoms with van der Waals surface area (Å²) in [5.41, 5.74) is 5.79. The number of nitrogens with two attached hydrogens (primary N) is 1. The summed E-state index contributed by atoms with van der Waals surface area (Å²) < 4.78 is 4.93. The van der Waals surface area contributed by atoms with Gasteiger partial charge in [0.1, 0.15) is 0 Å². The second-order valence-corrected chi connectivity index (χ2v) is 3.85. The lowest BCUT2D eigenvalue weighted by molar-refractivity contribution is -0.131. The second kappa shape index (κ2) is 8.68. The molecule has 0 bridgehead atoms. The zero-order chi connectivity index (χ0) is 11.7. The molecule has 0 aromatic carbocycles. The van der Waals surface area contributed by atoms with Crippen molar-refractivity contribution in [2.45, 2.75) is 38.6 Å². The van der Waals surface area contributed by atoms with Crippen LogP contribution in [0.2, 0.25) is 0 Å². The molecule has 0 saturated carbocycles. The Balaban J connectivity index is 3.75. The molecule has 15 heavy (non-hydrogen) atoms. The summed E-state index contributed by atoms with van der Waals surface area (Å²) in [5, 5.41) is 0. The maximum absolute atomic E-state index is 11.7. The van der Waals surface area contributed by atoms with E-state index in [1.54, 1.807) is 19.1 Å². The Kier molecular flexibility index (Phi) is 8.33. The highest BCUT2D eigenvalue weighted by Crippen LogP contribution is 2.01. The molecule has 0 spiro atoms. The smallest absolute Gasteiger partial charge is 0.239 e. The van der Waals surface area contributed by atoms with E-state index in [9.17, 15) is 4.79 Å². The monoisotopic (exact) mass is 216 g/mol. The number of hydrogen-bond donors (Lipinski definition) is 1. The number of nitrogens with zero attached hydrogens (tertiary/aromatic N) is 1. The van der Waals surface area contributed by atoms with E-state index in [0.717, 1.165) is 25.7 Å². The van der Waals surface area contributed by atoms with Crippen LogP contribution in [-0.4, -0.2) is 44.2 Å². The van der Waals surface area contributed by atoms with Crippen LogP contribution in [0.3, 0.4) is 0 Å². The molecule has 0 radical (unpaired) electrons. The molecule has 4 heteroatoms. The second-order valence-electron chi connectivity index (χ2n) is 3.85. The predicted molar refractivity (Wildman–Crippen MR) is 61.6 cm³/mol. The fraction of sp³-hybridized carbons (Fsp3) is 0.909. The van der Waals surface area contributed by atoms with Crippen molar-refractivity contribution in [3.63, 3.8) is 0 Å². The zero-order valence-corrected chi connectivity index (χ0v) is 10.2. The van der Waals surface area contributed by atoms with E-state index < -0.39 is 0 Å². The van der Waals surface area contributed by atoms with Crippen LogP contribution in [0.1, 0.15) is 32.6 Å². The number of rotatable bonds is 8. The van der Waals surface area contributed by atoms with Gasteiger partial charge in [0.2, 0.25) is 5.91 Å². The van der Waals surface area contributed by atoms with Gasteiger partial charge in [-0.2, -0.15) is 0 Å². The molecule has 0 aliphatic rings. The first kappa shape index (κ1) is 14.4. The van der Waals surface area contributed by atoms with Crippen molar-refractivity contribution in [2.75, 3.05) is 27.3 Å². The largest absolute Gasteiger partial charge is 0.385 e. The number of carbonyl (C=O) groups is 1. The van der Waals surface area contributed by atoms with E-state index >= 15 is 0 Å². The normalized spacial score (nSPS) is 12.5. The summed E-state index contributed by atoms with van der Waals surface area (Å²) in [6.07, 6.45) is 3.73. The molecule has 0 aromatic rings. The van der Waals surface area contributed by atoms with Gasteiger partial charge in [-0.15, -0.1) is 0 Å². The molecule has 0 rings (SSSR count). The third-order valence-corrected chi connectivity index (χ3v) is 2.40. The van der Waals surface area contributed by atoms with Crippen LogP contribution in [0.4, 0.5) is 0 Å². The van der Waals surface area contributed by atoms with Gasteiger partial charge in [0.15, 0.2) is 0 Å². The molecule has 0 saturated heterocycles. The van der Waals surface area contributed by atoms with Crippen molar-refractivity contribution in [3.05, 3.63) is 0 Å². The van der Waals surface area contributed by atoms with E-state index in [1.165, 1.54) is 0 Å². The maximum atomic E-state index is 11.7. The lowest BCUT2D eigenvalue weighted by Crippen LogP contribution is -2.42. The van der Waals surface area contributed by atoms with Gasteiger partial charge in [-0.25, -0.2) is 0 Å². The predicted octanol–water partition coefficient (Wildman–Crippen LogP) is 0.999. The topological polar surface area (TPSA) is 55.6 Å². The molecule has 0 aliphatic heterocycles. The van der Waals surface area contributed by atoms with Crippen molar-refractivity contribution in [1.82, 2.24) is 4.90 Å². The molecule has 0 aromatic heterocycles. The van der Waals surface area contributed by atoms with Gasteiger partial charge < -0.3 is 15.4 Å². The van der Waals surface area contributed by atoms with E-state index in [1.807, 2.05) is 0 Å². The zero-order valence-electron chi connectivity index (χ0n) is 10.2. The number of unbranched alkanes of at least 4 members (excludes halogenated alkanes) is 1. The van der Waals surface area contributed by atoms with Crippen LogP contribution in [0.15, 0.2) is 0 Å². The number of hydrogen-bond acceptors (Lipinski definition) is 3. The lowest BCUT2D eigenvalue weighted by atomic mass is 10.1. The molecule has 1 atom stereocenters. The fourth-order valence-corrected chi connectivity index (χ4v) is 1.39. The van der Waals surface area contributed by atoms with Gasteiger partial charge in [-0.1, -0.05) is 19.8 Å². The molecule has 0 heterocycles. The molecule has 0 fully saturated rings. The van der Waals surface area contributed by atoms with Gasteiger partial charge in [0.05, 0.1) is 6.04 Å². The fourth-order valence-electron chi connectivity index (χ4n) is 1.39. The lowest BCUT2D eigenvalue weighted by Gasteiger charge is -2.21. The van der Waals surface area contributed by atoms with Crippen LogP contribution >= 0.6 is 0 Å². The molecule has 90 valence electrons. The maximum Gasteiger partial charge on any atom is 0.239 e. The van der Waals surface area contributed by atoms with Crippen molar-refractivity contribution in [3.8, 4) is 0 Å². The van der Waals surface area contributed by atoms with Crippen molar-refractivity contribution in [2.24, 2.45) is 5.73 Å². The van der Waals surface area contributed by atoms with Crippen LogP contribution in [0.5, 0.6) is 0 Å². The van der Waals surface area contributed by atoms with E-state index in [0.29, 0.717) is 13.2 Å². The Morgan fingerprint density at radius 2 is 2.13 bits per heavy atom. The minimum Gasteiger partial charge on any atom is -0.385 e. The minimum atomic E-state index is -0.336. The van der Waals surface area contributed by atoms with Crippen LogP contribution in [0.25, 0.3) is 0 Å². The van der Waals surface area contributed by atoms with E-state index in [2.05, 4.69) is 6.92 Å². The summed E-state index contributed by atoms with van der Waals surface area (Å²) in [5.74, 6) is 0.0413. The number of likely N-dealkylation sites (N-methyl/N-ethyl adjacent to an activating group) is 1. The van der Waals surface area contributed by atoms with E-state index in [-0.39, 0.29) is 11.9 Å². The molecule has 1 amide bonds. The molecule has 0 unspecified atom stereocenters. The Morgan fingerprint density at radius 3 is 2.67 bits per heavy atom. The highest BCUT2D eigenvalue weighted by atomic mass is 16.5. The Labute approximate surface area is 92.8 Å². The van der Waals surface area contributed by atoms with Crippen LogP contribution in [0, 0.1) is 0 Å². The third kappa shape index (κ3) is 6.47. The summed E-state index contributed by atoms with van der Waals surface area (Å²) in [6, 6.07) is -0.336. The summed E-state index contributed by atoms with van der Waals surface area (Å²) in [6.45, 7) is 3.49. The number of carbonyl (C=O) groups excluding carboxylic acids is 1. The van der Waals surface area contributed by atoms with Gasteiger partial charge in [0.25, 0.3) is 0 Å². The SMILES string of the molecule is CCCC[C@H](N)C(=O)N(C)CCCOC. The van der Waals surface area contributed by atoms with Crippen molar-refractivity contribution in [1.29, 1.82) is 0 Å². The number of amides is 1. The summed E-state index contributed by atoms with van der Waals surface area (Å²) >= 11 is 0. The Morgan fingerprint density at radius 1 is 1.47 bits per heavy atom. The molecule has 4 nitrogen and oxygen atoms in total. The standard InChI is InChI=1S/C11H24N2O2/c1-4-5-7-10(12)11(14)13(2)8-6-9-15-3/h10H,4-9,12H2,1-3H3/t10-/m0/s1. The number of ether oxygens (including phenoxy) is 1. The van der Waals surface area contributed by atoms with Gasteiger partial charge >= 0.3 is 0 Å². The Hall–Kier alpha value is -0.610. The van der Waals surface area contributed by atoms with E-state index in [4.69, 9.17) is 10.5 Å². The van der Waals surface area contributed by atoms with Gasteiger partial charge in [-0.05, 0) is 12.8 Å². The first-order chi connectivity index (χ1) is 7.13. The first-order valence-electron chi connectivity index (χ1n) is 5.63. The minimum absolute atomic E-state index is 0.0413. The summed E-state index contributed by atoms with van der Waals surface area (Å²) in [4.78, 5) is 13.4. The Bertz CT molecular complexity index is 174. The van der Waals surface area contributed by atoms with Crippen LogP contribution < -0.4 is 5.73 Å². The van der Waals surface area contributed by atoms with Gasteiger partial charge in [0, 0.05) is 27.3 Å².